The van der Waals surface area contributed by atoms with Crippen LogP contribution in [-0.2, 0) is 4.79 Å². The van der Waals surface area contributed by atoms with Crippen LogP contribution in [0.15, 0.2) is 0 Å². The van der Waals surface area contributed by atoms with Gasteiger partial charge in [-0.25, -0.2) is 4.79 Å². The van der Waals surface area contributed by atoms with Gasteiger partial charge >= 0.3 is 12.0 Å². The van der Waals surface area contributed by atoms with Gasteiger partial charge in [-0.3, -0.25) is 4.79 Å². The molecule has 0 aromatic rings. The molecule has 0 aromatic heterocycles. The van der Waals surface area contributed by atoms with Gasteiger partial charge in [-0.05, 0) is 25.2 Å². The molecule has 2 amide bonds. The predicted molar refractivity (Wildman–Crippen MR) is 86.8 cm³/mol. The van der Waals surface area contributed by atoms with Gasteiger partial charge in [0.2, 0.25) is 0 Å². The van der Waals surface area contributed by atoms with Gasteiger partial charge in [0.15, 0.2) is 0 Å². The maximum atomic E-state index is 12.1. The van der Waals surface area contributed by atoms with E-state index in [9.17, 15) is 9.59 Å². The predicted octanol–water partition coefficient (Wildman–Crippen LogP) is 2.80. The number of hydrogen-bond acceptors (Lipinski definition) is 3. The third-order valence-corrected chi connectivity index (χ3v) is 5.43. The van der Waals surface area contributed by atoms with Gasteiger partial charge in [0.1, 0.15) is 0 Å². The van der Waals surface area contributed by atoms with Crippen molar-refractivity contribution < 1.29 is 14.7 Å². The molecule has 5 nitrogen and oxygen atoms in total. The highest BCUT2D eigenvalue weighted by atomic mass is 32.2. The van der Waals surface area contributed by atoms with Crippen molar-refractivity contribution >= 4 is 23.8 Å². The minimum absolute atomic E-state index is 0.0295. The van der Waals surface area contributed by atoms with Crippen LogP contribution in [0.5, 0.6) is 0 Å². The first-order valence-electron chi connectivity index (χ1n) is 7.92. The maximum absolute atomic E-state index is 12.1. The molecule has 6 heteroatoms. The number of thioether (sulfide) groups is 1. The Morgan fingerprint density at radius 3 is 2.76 bits per heavy atom. The highest BCUT2D eigenvalue weighted by molar-refractivity contribution is 8.00. The van der Waals surface area contributed by atoms with Crippen LogP contribution in [0.1, 0.15) is 46.0 Å². The van der Waals surface area contributed by atoms with Gasteiger partial charge in [-0.15, -0.1) is 0 Å². The second kappa shape index (κ2) is 9.92. The number of carboxylic acids is 1. The minimum atomic E-state index is -0.742. The SMILES string of the molecule is CCC(CCNC(=O)N1CCSC(CC)C1)CCC(=O)O. The molecule has 2 N–H and O–H groups in total. The number of carbonyl (C=O) groups excluding carboxylic acids is 1. The first-order valence-corrected chi connectivity index (χ1v) is 8.97. The zero-order valence-corrected chi connectivity index (χ0v) is 14.0. The summed E-state index contributed by atoms with van der Waals surface area (Å²) in [5.41, 5.74) is 0. The van der Waals surface area contributed by atoms with E-state index in [2.05, 4.69) is 19.2 Å². The van der Waals surface area contributed by atoms with Gasteiger partial charge < -0.3 is 15.3 Å². The Bertz CT molecular complexity index is 339. The molecule has 2 unspecified atom stereocenters. The van der Waals surface area contributed by atoms with Crippen molar-refractivity contribution in [2.24, 2.45) is 5.92 Å². The fraction of sp³-hybridized carbons (Fsp3) is 0.867. The number of nitrogens with zero attached hydrogens (tertiary/aromatic N) is 1. The molecular weight excluding hydrogens is 288 g/mol. The Kier molecular flexibility index (Phi) is 8.57. The van der Waals surface area contributed by atoms with E-state index >= 15 is 0 Å². The zero-order valence-electron chi connectivity index (χ0n) is 13.1. The Morgan fingerprint density at radius 1 is 1.38 bits per heavy atom. The van der Waals surface area contributed by atoms with Crippen molar-refractivity contribution in [3.8, 4) is 0 Å². The summed E-state index contributed by atoms with van der Waals surface area (Å²) in [5.74, 6) is 0.651. The van der Waals surface area contributed by atoms with E-state index in [1.54, 1.807) is 0 Å². The van der Waals surface area contributed by atoms with Crippen LogP contribution < -0.4 is 5.32 Å². The molecule has 0 aliphatic carbocycles. The second-order valence-corrected chi connectivity index (χ2v) is 6.98. The van der Waals surface area contributed by atoms with Crippen molar-refractivity contribution in [2.45, 2.75) is 51.2 Å². The fourth-order valence-corrected chi connectivity index (χ4v) is 3.71. The number of aliphatic carboxylic acids is 1. The molecule has 1 heterocycles. The van der Waals surface area contributed by atoms with Crippen molar-refractivity contribution in [3.05, 3.63) is 0 Å². The molecule has 122 valence electrons. The number of hydrogen-bond donors (Lipinski definition) is 2. The fourth-order valence-electron chi connectivity index (χ4n) is 2.53. The minimum Gasteiger partial charge on any atom is -0.481 e. The van der Waals surface area contributed by atoms with Crippen LogP contribution in [0.4, 0.5) is 4.79 Å². The van der Waals surface area contributed by atoms with Crippen LogP contribution in [0, 0.1) is 5.92 Å². The third-order valence-electron chi connectivity index (χ3n) is 4.05. The number of carboxylic acid groups (broad SMARTS) is 1. The van der Waals surface area contributed by atoms with Crippen molar-refractivity contribution in [2.75, 3.05) is 25.4 Å². The Labute approximate surface area is 131 Å². The highest BCUT2D eigenvalue weighted by Crippen LogP contribution is 2.21. The van der Waals surface area contributed by atoms with Crippen LogP contribution in [0.25, 0.3) is 0 Å². The largest absolute Gasteiger partial charge is 0.481 e. The van der Waals surface area contributed by atoms with Gasteiger partial charge in [-0.1, -0.05) is 20.3 Å². The second-order valence-electron chi connectivity index (χ2n) is 5.57. The summed E-state index contributed by atoms with van der Waals surface area (Å²) in [5, 5.41) is 12.3. The van der Waals surface area contributed by atoms with E-state index in [1.165, 1.54) is 0 Å². The van der Waals surface area contributed by atoms with E-state index in [4.69, 9.17) is 5.11 Å². The topological polar surface area (TPSA) is 69.6 Å². The molecule has 0 radical (unpaired) electrons. The number of carbonyl (C=O) groups is 2. The molecule has 0 aromatic carbocycles. The van der Waals surface area contributed by atoms with Crippen LogP contribution in [-0.4, -0.2) is 52.6 Å². The molecule has 0 saturated carbocycles. The summed E-state index contributed by atoms with van der Waals surface area (Å²) in [6.45, 7) is 6.53. The van der Waals surface area contributed by atoms with E-state index in [1.807, 2.05) is 16.7 Å². The van der Waals surface area contributed by atoms with Crippen molar-refractivity contribution in [1.29, 1.82) is 0 Å². The van der Waals surface area contributed by atoms with Crippen LogP contribution in [0.3, 0.4) is 0 Å². The first kappa shape index (κ1) is 18.1. The Hall–Kier alpha value is -0.910. The first-order chi connectivity index (χ1) is 10.1. The van der Waals surface area contributed by atoms with Crippen molar-refractivity contribution in [3.63, 3.8) is 0 Å². The summed E-state index contributed by atoms with van der Waals surface area (Å²) in [7, 11) is 0. The van der Waals surface area contributed by atoms with Crippen LogP contribution in [0.2, 0.25) is 0 Å². The number of amides is 2. The van der Waals surface area contributed by atoms with Crippen molar-refractivity contribution in [1.82, 2.24) is 10.2 Å². The van der Waals surface area contributed by atoms with Gasteiger partial charge in [0.25, 0.3) is 0 Å². The summed E-state index contributed by atoms with van der Waals surface area (Å²) < 4.78 is 0. The van der Waals surface area contributed by atoms with Gasteiger partial charge in [-0.2, -0.15) is 11.8 Å². The Morgan fingerprint density at radius 2 is 2.14 bits per heavy atom. The zero-order chi connectivity index (χ0) is 15.7. The lowest BCUT2D eigenvalue weighted by Crippen LogP contribution is -2.47. The molecule has 0 spiro atoms. The standard InChI is InChI=1S/C15H28N2O3S/c1-3-12(5-6-14(18)19)7-8-16-15(20)17-9-10-21-13(4-2)11-17/h12-13H,3-11H2,1-2H3,(H,16,20)(H,18,19). The number of urea groups is 1. The smallest absolute Gasteiger partial charge is 0.317 e. The van der Waals surface area contributed by atoms with E-state index in [0.717, 1.165) is 38.1 Å². The molecule has 1 rings (SSSR count). The average Bonchev–Trinajstić information content (AvgIpc) is 2.50. The quantitative estimate of drug-likeness (QED) is 0.722. The maximum Gasteiger partial charge on any atom is 0.317 e. The summed E-state index contributed by atoms with van der Waals surface area (Å²) in [6, 6.07) is 0.0295. The molecular formula is C15H28N2O3S. The lowest BCUT2D eigenvalue weighted by Gasteiger charge is -2.32. The monoisotopic (exact) mass is 316 g/mol. The van der Waals surface area contributed by atoms with E-state index in [0.29, 0.717) is 24.1 Å². The number of rotatable bonds is 8. The molecule has 1 aliphatic rings. The summed E-state index contributed by atoms with van der Waals surface area (Å²) in [4.78, 5) is 24.6. The molecule has 0 bridgehead atoms. The van der Waals surface area contributed by atoms with Gasteiger partial charge in [0, 0.05) is 37.1 Å². The molecule has 1 aliphatic heterocycles. The highest BCUT2D eigenvalue weighted by Gasteiger charge is 2.22. The van der Waals surface area contributed by atoms with Crippen LogP contribution >= 0.6 is 11.8 Å². The molecule has 1 fully saturated rings. The molecule has 21 heavy (non-hydrogen) atoms. The summed E-state index contributed by atoms with van der Waals surface area (Å²) in [6.07, 6.45) is 3.83. The third kappa shape index (κ3) is 7.07. The number of nitrogens with one attached hydrogen (secondary N) is 1. The normalized spacial score (nSPS) is 20.1. The molecule has 2 atom stereocenters. The Balaban J connectivity index is 2.23. The molecule has 1 saturated heterocycles. The lowest BCUT2D eigenvalue weighted by atomic mass is 9.97. The average molecular weight is 316 g/mol. The van der Waals surface area contributed by atoms with E-state index < -0.39 is 5.97 Å². The summed E-state index contributed by atoms with van der Waals surface area (Å²) >= 11 is 1.95. The lowest BCUT2D eigenvalue weighted by molar-refractivity contribution is -0.137. The van der Waals surface area contributed by atoms with Gasteiger partial charge in [0.05, 0.1) is 0 Å². The van der Waals surface area contributed by atoms with E-state index in [-0.39, 0.29) is 12.5 Å².